The molecule has 3 heteroatoms. The average Bonchev–Trinajstić information content (AvgIpc) is 2.51. The van der Waals surface area contributed by atoms with Crippen LogP contribution in [0.25, 0.3) is 0 Å². The van der Waals surface area contributed by atoms with Gasteiger partial charge in [-0.3, -0.25) is 0 Å². The fourth-order valence-electron chi connectivity index (χ4n) is 3.29. The van der Waals surface area contributed by atoms with Gasteiger partial charge in [0.2, 0.25) is 0 Å². The van der Waals surface area contributed by atoms with E-state index in [1.54, 1.807) is 24.3 Å². The van der Waals surface area contributed by atoms with Gasteiger partial charge < -0.3 is 14.9 Å². The van der Waals surface area contributed by atoms with Crippen molar-refractivity contribution in [1.29, 1.82) is 0 Å². The Labute approximate surface area is 130 Å². The first kappa shape index (κ1) is 14.5. The molecule has 0 bridgehead atoms. The molecule has 0 aliphatic carbocycles. The van der Waals surface area contributed by atoms with E-state index in [-0.39, 0.29) is 22.8 Å². The molecule has 2 aromatic rings. The van der Waals surface area contributed by atoms with E-state index >= 15 is 0 Å². The van der Waals surface area contributed by atoms with Crippen LogP contribution in [0.3, 0.4) is 0 Å². The second-order valence-electron chi connectivity index (χ2n) is 6.05. The lowest BCUT2D eigenvalue weighted by atomic mass is 9.66. The SMILES string of the molecule is C=CCC1c2ccc(O)cc2OCC1(C)c1ccc(O)cc1. The molecule has 0 saturated carbocycles. The van der Waals surface area contributed by atoms with Crippen molar-refractivity contribution in [1.82, 2.24) is 0 Å². The van der Waals surface area contributed by atoms with E-state index in [4.69, 9.17) is 4.74 Å². The standard InChI is InChI=1S/C19H20O3/c1-3-4-17-16-10-9-15(21)11-18(16)22-12-19(17,2)13-5-7-14(20)8-6-13/h3,5-11,17,20-21H,1,4,12H2,2H3. The van der Waals surface area contributed by atoms with Gasteiger partial charge in [0.05, 0.1) is 6.61 Å². The van der Waals surface area contributed by atoms with Crippen molar-refractivity contribution < 1.29 is 14.9 Å². The van der Waals surface area contributed by atoms with Crippen LogP contribution < -0.4 is 4.74 Å². The van der Waals surface area contributed by atoms with E-state index in [1.165, 1.54) is 0 Å². The summed E-state index contributed by atoms with van der Waals surface area (Å²) < 4.78 is 5.92. The summed E-state index contributed by atoms with van der Waals surface area (Å²) in [5, 5.41) is 19.2. The zero-order chi connectivity index (χ0) is 15.7. The summed E-state index contributed by atoms with van der Waals surface area (Å²) in [7, 11) is 0. The van der Waals surface area contributed by atoms with Gasteiger partial charge in [0, 0.05) is 17.4 Å². The van der Waals surface area contributed by atoms with Crippen molar-refractivity contribution in [2.75, 3.05) is 6.61 Å². The number of aromatic hydroxyl groups is 2. The molecule has 0 spiro atoms. The average molecular weight is 296 g/mol. The molecule has 1 aliphatic rings. The molecule has 3 rings (SSSR count). The molecule has 114 valence electrons. The van der Waals surface area contributed by atoms with Crippen LogP contribution in [0.2, 0.25) is 0 Å². The summed E-state index contributed by atoms with van der Waals surface area (Å²) in [6.07, 6.45) is 2.74. The number of hydrogen-bond acceptors (Lipinski definition) is 3. The van der Waals surface area contributed by atoms with Crippen molar-refractivity contribution in [3.05, 3.63) is 66.2 Å². The first-order valence-corrected chi connectivity index (χ1v) is 7.41. The van der Waals surface area contributed by atoms with Crippen LogP contribution in [0.15, 0.2) is 55.1 Å². The summed E-state index contributed by atoms with van der Waals surface area (Å²) in [5.74, 6) is 1.42. The van der Waals surface area contributed by atoms with Crippen LogP contribution >= 0.6 is 0 Å². The summed E-state index contributed by atoms with van der Waals surface area (Å²) in [6.45, 7) is 6.58. The lowest BCUT2D eigenvalue weighted by molar-refractivity contribution is 0.169. The van der Waals surface area contributed by atoms with E-state index in [1.807, 2.05) is 24.3 Å². The topological polar surface area (TPSA) is 49.7 Å². The maximum Gasteiger partial charge on any atom is 0.126 e. The Hall–Kier alpha value is -2.42. The van der Waals surface area contributed by atoms with E-state index in [9.17, 15) is 10.2 Å². The maximum atomic E-state index is 9.65. The number of phenols is 2. The number of benzene rings is 2. The zero-order valence-electron chi connectivity index (χ0n) is 12.6. The summed E-state index contributed by atoms with van der Waals surface area (Å²) >= 11 is 0. The first-order chi connectivity index (χ1) is 10.5. The molecule has 0 aromatic heterocycles. The maximum absolute atomic E-state index is 9.65. The molecule has 2 aromatic carbocycles. The normalized spacial score (nSPS) is 23.4. The third-order valence-electron chi connectivity index (χ3n) is 4.60. The van der Waals surface area contributed by atoms with E-state index in [2.05, 4.69) is 13.5 Å². The number of fused-ring (bicyclic) bond motifs is 1. The molecule has 2 atom stereocenters. The van der Waals surface area contributed by atoms with Gasteiger partial charge in [-0.25, -0.2) is 0 Å². The van der Waals surface area contributed by atoms with Crippen LogP contribution in [0.4, 0.5) is 0 Å². The van der Waals surface area contributed by atoms with Crippen molar-refractivity contribution in [3.8, 4) is 17.2 Å². The molecule has 3 nitrogen and oxygen atoms in total. The fourth-order valence-corrected chi connectivity index (χ4v) is 3.29. The van der Waals surface area contributed by atoms with Crippen molar-refractivity contribution in [3.63, 3.8) is 0 Å². The van der Waals surface area contributed by atoms with Crippen LogP contribution in [-0.2, 0) is 5.41 Å². The fraction of sp³-hybridized carbons (Fsp3) is 0.263. The Morgan fingerprint density at radius 1 is 1.18 bits per heavy atom. The number of phenolic OH excluding ortho intramolecular Hbond substituents is 2. The zero-order valence-corrected chi connectivity index (χ0v) is 12.6. The van der Waals surface area contributed by atoms with Gasteiger partial charge in [-0.15, -0.1) is 6.58 Å². The highest BCUT2D eigenvalue weighted by molar-refractivity contribution is 5.48. The molecule has 0 radical (unpaired) electrons. The van der Waals surface area contributed by atoms with Crippen LogP contribution in [0.1, 0.15) is 30.4 Å². The Kier molecular flexibility index (Phi) is 3.57. The number of hydrogen-bond donors (Lipinski definition) is 2. The van der Waals surface area contributed by atoms with Gasteiger partial charge in [0.15, 0.2) is 0 Å². The Morgan fingerprint density at radius 2 is 1.86 bits per heavy atom. The number of allylic oxidation sites excluding steroid dienone is 1. The van der Waals surface area contributed by atoms with Gasteiger partial charge in [-0.05, 0) is 35.7 Å². The molecule has 1 heterocycles. The molecule has 1 aliphatic heterocycles. The highest BCUT2D eigenvalue weighted by Crippen LogP contribution is 2.49. The lowest BCUT2D eigenvalue weighted by Gasteiger charge is -2.42. The quantitative estimate of drug-likeness (QED) is 0.838. The van der Waals surface area contributed by atoms with Gasteiger partial charge in [-0.1, -0.05) is 31.2 Å². The Balaban J connectivity index is 2.09. The van der Waals surface area contributed by atoms with E-state index in [0.717, 1.165) is 23.3 Å². The molecule has 2 N–H and O–H groups in total. The highest BCUT2D eigenvalue weighted by Gasteiger charge is 2.41. The summed E-state index contributed by atoms with van der Waals surface area (Å²) in [5.41, 5.74) is 1.99. The molecule has 0 amide bonds. The third kappa shape index (κ3) is 2.33. The predicted molar refractivity (Wildman–Crippen MR) is 86.6 cm³/mol. The molecular weight excluding hydrogens is 276 g/mol. The monoisotopic (exact) mass is 296 g/mol. The Morgan fingerprint density at radius 3 is 2.55 bits per heavy atom. The van der Waals surface area contributed by atoms with Crippen molar-refractivity contribution >= 4 is 0 Å². The van der Waals surface area contributed by atoms with Crippen LogP contribution in [-0.4, -0.2) is 16.8 Å². The van der Waals surface area contributed by atoms with Gasteiger partial charge in [-0.2, -0.15) is 0 Å². The minimum atomic E-state index is -0.216. The van der Waals surface area contributed by atoms with Crippen molar-refractivity contribution in [2.45, 2.75) is 24.7 Å². The third-order valence-corrected chi connectivity index (χ3v) is 4.60. The van der Waals surface area contributed by atoms with Crippen LogP contribution in [0, 0.1) is 0 Å². The largest absolute Gasteiger partial charge is 0.508 e. The first-order valence-electron chi connectivity index (χ1n) is 7.41. The van der Waals surface area contributed by atoms with Crippen molar-refractivity contribution in [2.24, 2.45) is 0 Å². The minimum Gasteiger partial charge on any atom is -0.508 e. The lowest BCUT2D eigenvalue weighted by Crippen LogP contribution is -2.40. The Bertz CT molecular complexity index is 690. The van der Waals surface area contributed by atoms with E-state index in [0.29, 0.717) is 6.61 Å². The molecule has 0 saturated heterocycles. The predicted octanol–water partition coefficient (Wildman–Crippen LogP) is 4.11. The van der Waals surface area contributed by atoms with Gasteiger partial charge in [0.1, 0.15) is 17.2 Å². The highest BCUT2D eigenvalue weighted by atomic mass is 16.5. The summed E-state index contributed by atoms with van der Waals surface area (Å²) in [6, 6.07) is 12.6. The molecular formula is C19H20O3. The van der Waals surface area contributed by atoms with Crippen LogP contribution in [0.5, 0.6) is 17.2 Å². The number of ether oxygens (including phenoxy) is 1. The smallest absolute Gasteiger partial charge is 0.126 e. The number of rotatable bonds is 3. The second-order valence-corrected chi connectivity index (χ2v) is 6.05. The van der Waals surface area contributed by atoms with Gasteiger partial charge in [0.25, 0.3) is 0 Å². The second kappa shape index (κ2) is 5.41. The minimum absolute atomic E-state index is 0.207. The molecule has 2 unspecified atom stereocenters. The molecule has 22 heavy (non-hydrogen) atoms. The molecule has 0 fully saturated rings. The van der Waals surface area contributed by atoms with Gasteiger partial charge >= 0.3 is 0 Å². The van der Waals surface area contributed by atoms with E-state index < -0.39 is 0 Å². The summed E-state index contributed by atoms with van der Waals surface area (Å²) in [4.78, 5) is 0.